The summed E-state index contributed by atoms with van der Waals surface area (Å²) < 4.78 is 5.78. The molecule has 0 radical (unpaired) electrons. The number of carbonyl (C=O) groups excluding carboxylic acids is 1. The molecule has 0 atom stereocenters. The van der Waals surface area contributed by atoms with Crippen molar-refractivity contribution >= 4 is 5.91 Å². The van der Waals surface area contributed by atoms with Crippen LogP contribution in [0.4, 0.5) is 0 Å². The first kappa shape index (κ1) is 21.3. The summed E-state index contributed by atoms with van der Waals surface area (Å²) in [7, 11) is 2.12. The van der Waals surface area contributed by atoms with Gasteiger partial charge in [0.05, 0.1) is 6.61 Å². The summed E-state index contributed by atoms with van der Waals surface area (Å²) in [6.45, 7) is 8.18. The molecular weight excluding hydrogens is 362 g/mol. The number of ether oxygens (including phenoxy) is 1. The lowest BCUT2D eigenvalue weighted by Crippen LogP contribution is -2.41. The van der Waals surface area contributed by atoms with Crippen molar-refractivity contribution in [2.75, 3.05) is 26.7 Å². The molecule has 1 fully saturated rings. The number of nitrogens with zero attached hydrogens (tertiary/aromatic N) is 3. The van der Waals surface area contributed by atoms with Gasteiger partial charge in [0.2, 0.25) is 5.91 Å². The van der Waals surface area contributed by atoms with E-state index >= 15 is 0 Å². The lowest BCUT2D eigenvalue weighted by molar-refractivity contribution is -0.138. The van der Waals surface area contributed by atoms with Crippen LogP contribution in [0.5, 0.6) is 5.75 Å². The number of benzene rings is 1. The van der Waals surface area contributed by atoms with E-state index < -0.39 is 0 Å². The van der Waals surface area contributed by atoms with Crippen LogP contribution in [0.1, 0.15) is 37.8 Å². The molecule has 1 aliphatic heterocycles. The van der Waals surface area contributed by atoms with Gasteiger partial charge in [-0.3, -0.25) is 9.78 Å². The van der Waals surface area contributed by atoms with Crippen LogP contribution in [0.2, 0.25) is 0 Å². The predicted octanol–water partition coefficient (Wildman–Crippen LogP) is 3.99. The van der Waals surface area contributed by atoms with Crippen LogP contribution < -0.4 is 4.74 Å². The fraction of sp³-hybridized carbons (Fsp3) is 0.500. The van der Waals surface area contributed by atoms with Crippen LogP contribution >= 0.6 is 0 Å². The van der Waals surface area contributed by atoms with Gasteiger partial charge in [-0.15, -0.1) is 0 Å². The number of carbonyl (C=O) groups is 1. The Morgan fingerprint density at radius 1 is 1.07 bits per heavy atom. The largest absolute Gasteiger partial charge is 0.493 e. The first-order chi connectivity index (χ1) is 14.0. The minimum absolute atomic E-state index is 0.113. The number of aromatic nitrogens is 1. The maximum absolute atomic E-state index is 13.3. The lowest BCUT2D eigenvalue weighted by Gasteiger charge is -2.32. The highest BCUT2D eigenvalue weighted by Gasteiger charge is 2.27. The van der Waals surface area contributed by atoms with Gasteiger partial charge in [0.15, 0.2) is 0 Å². The van der Waals surface area contributed by atoms with E-state index in [4.69, 9.17) is 4.74 Å². The number of amides is 1. The van der Waals surface area contributed by atoms with E-state index in [0.29, 0.717) is 25.6 Å². The average molecular weight is 396 g/mol. The van der Waals surface area contributed by atoms with E-state index in [2.05, 4.69) is 42.9 Å². The van der Waals surface area contributed by atoms with E-state index in [-0.39, 0.29) is 11.8 Å². The molecular formula is C24H33N3O2. The first-order valence-electron chi connectivity index (χ1n) is 10.6. The summed E-state index contributed by atoms with van der Waals surface area (Å²) in [5.41, 5.74) is 2.23. The van der Waals surface area contributed by atoms with Crippen LogP contribution in [-0.4, -0.2) is 47.4 Å². The van der Waals surface area contributed by atoms with Crippen molar-refractivity contribution in [2.45, 2.75) is 39.8 Å². The maximum atomic E-state index is 13.3. The first-order valence-corrected chi connectivity index (χ1v) is 10.6. The molecule has 0 spiro atoms. The van der Waals surface area contributed by atoms with Crippen LogP contribution in [0.3, 0.4) is 0 Å². The zero-order valence-electron chi connectivity index (χ0n) is 17.9. The molecule has 0 aliphatic carbocycles. The molecule has 1 saturated heterocycles. The number of likely N-dealkylation sites (tertiary alicyclic amines) is 1. The minimum Gasteiger partial charge on any atom is -0.493 e. The third-order valence-electron chi connectivity index (χ3n) is 5.38. The Bertz CT molecular complexity index is 753. The van der Waals surface area contributed by atoms with Crippen LogP contribution in [0, 0.1) is 11.8 Å². The van der Waals surface area contributed by atoms with Crippen molar-refractivity contribution in [3.8, 4) is 5.75 Å². The Balaban J connectivity index is 1.69. The zero-order chi connectivity index (χ0) is 20.6. The molecule has 2 aromatic rings. The molecule has 0 bridgehead atoms. The molecule has 29 heavy (non-hydrogen) atoms. The van der Waals surface area contributed by atoms with Crippen LogP contribution in [0.25, 0.3) is 0 Å². The highest BCUT2D eigenvalue weighted by atomic mass is 16.5. The Kier molecular flexibility index (Phi) is 7.64. The Hall–Kier alpha value is -2.40. The lowest BCUT2D eigenvalue weighted by atomic mass is 9.95. The summed E-state index contributed by atoms with van der Waals surface area (Å²) in [6, 6.07) is 12.1. The molecule has 0 unspecified atom stereocenters. The smallest absolute Gasteiger partial charge is 0.226 e. The number of piperidine rings is 1. The van der Waals surface area contributed by atoms with Gasteiger partial charge in [-0.1, -0.05) is 26.0 Å². The molecule has 156 valence electrons. The molecule has 5 heteroatoms. The Labute approximate surface area is 174 Å². The Morgan fingerprint density at radius 2 is 1.66 bits per heavy atom. The van der Waals surface area contributed by atoms with Gasteiger partial charge in [-0.2, -0.15) is 0 Å². The van der Waals surface area contributed by atoms with Crippen molar-refractivity contribution in [3.63, 3.8) is 0 Å². The van der Waals surface area contributed by atoms with Crippen molar-refractivity contribution in [3.05, 3.63) is 59.9 Å². The maximum Gasteiger partial charge on any atom is 0.226 e. The van der Waals surface area contributed by atoms with Gasteiger partial charge in [0, 0.05) is 31.4 Å². The van der Waals surface area contributed by atoms with E-state index in [9.17, 15) is 4.79 Å². The van der Waals surface area contributed by atoms with Crippen molar-refractivity contribution in [1.82, 2.24) is 14.8 Å². The second kappa shape index (κ2) is 10.4. The summed E-state index contributed by atoms with van der Waals surface area (Å²) in [4.78, 5) is 21.7. The van der Waals surface area contributed by atoms with Gasteiger partial charge in [0.1, 0.15) is 5.75 Å². The summed E-state index contributed by atoms with van der Waals surface area (Å²) in [6.07, 6.45) is 5.44. The normalized spacial score (nSPS) is 15.4. The minimum atomic E-state index is 0.113. The van der Waals surface area contributed by atoms with Crippen molar-refractivity contribution < 1.29 is 9.53 Å². The van der Waals surface area contributed by atoms with Gasteiger partial charge in [0.25, 0.3) is 0 Å². The van der Waals surface area contributed by atoms with Crippen molar-refractivity contribution in [1.29, 1.82) is 0 Å². The fourth-order valence-electron chi connectivity index (χ4n) is 3.61. The molecule has 0 saturated carbocycles. The fourth-order valence-corrected chi connectivity index (χ4v) is 3.61. The standard InChI is InChI=1S/C24H33N3O2/c1-19(2)18-29-23-6-4-20(5-7-23)16-27(17-21-8-12-25-13-9-21)24(28)22-10-14-26(3)15-11-22/h4-9,12-13,19,22H,10-11,14-18H2,1-3H3. The topological polar surface area (TPSA) is 45.7 Å². The molecule has 5 nitrogen and oxygen atoms in total. The predicted molar refractivity (Wildman–Crippen MR) is 115 cm³/mol. The van der Waals surface area contributed by atoms with Gasteiger partial charge >= 0.3 is 0 Å². The van der Waals surface area contributed by atoms with E-state index in [1.54, 1.807) is 12.4 Å². The Morgan fingerprint density at radius 3 is 2.24 bits per heavy atom. The third kappa shape index (κ3) is 6.57. The zero-order valence-corrected chi connectivity index (χ0v) is 17.9. The SMILES string of the molecule is CC(C)COc1ccc(CN(Cc2ccncc2)C(=O)C2CCN(C)CC2)cc1. The quantitative estimate of drug-likeness (QED) is 0.678. The monoisotopic (exact) mass is 395 g/mol. The van der Waals surface area contributed by atoms with Crippen LogP contribution in [-0.2, 0) is 17.9 Å². The highest BCUT2D eigenvalue weighted by Crippen LogP contribution is 2.22. The average Bonchev–Trinajstić information content (AvgIpc) is 2.73. The molecule has 1 aromatic heterocycles. The molecule has 1 amide bonds. The molecule has 2 heterocycles. The van der Waals surface area contributed by atoms with E-state index in [1.165, 1.54) is 0 Å². The highest BCUT2D eigenvalue weighted by molar-refractivity contribution is 5.79. The van der Waals surface area contributed by atoms with E-state index in [0.717, 1.165) is 42.8 Å². The van der Waals surface area contributed by atoms with Gasteiger partial charge in [-0.25, -0.2) is 0 Å². The number of rotatable bonds is 8. The summed E-state index contributed by atoms with van der Waals surface area (Å²) in [5, 5.41) is 0. The summed E-state index contributed by atoms with van der Waals surface area (Å²) >= 11 is 0. The van der Waals surface area contributed by atoms with Gasteiger partial charge in [-0.05, 0) is 74.3 Å². The van der Waals surface area contributed by atoms with Gasteiger partial charge < -0.3 is 14.5 Å². The second-order valence-corrected chi connectivity index (χ2v) is 8.48. The molecule has 1 aliphatic rings. The number of hydrogen-bond acceptors (Lipinski definition) is 4. The number of hydrogen-bond donors (Lipinski definition) is 0. The van der Waals surface area contributed by atoms with Crippen LogP contribution in [0.15, 0.2) is 48.8 Å². The summed E-state index contributed by atoms with van der Waals surface area (Å²) in [5.74, 6) is 1.75. The second-order valence-electron chi connectivity index (χ2n) is 8.48. The molecule has 3 rings (SSSR count). The third-order valence-corrected chi connectivity index (χ3v) is 5.38. The number of pyridine rings is 1. The molecule has 0 N–H and O–H groups in total. The van der Waals surface area contributed by atoms with E-state index in [1.807, 2.05) is 29.2 Å². The van der Waals surface area contributed by atoms with Crippen molar-refractivity contribution in [2.24, 2.45) is 11.8 Å². The molecule has 1 aromatic carbocycles.